The van der Waals surface area contributed by atoms with Crippen LogP contribution in [0.4, 0.5) is 0 Å². The molecule has 1 N–H and O–H groups in total. The van der Waals surface area contributed by atoms with Crippen molar-refractivity contribution in [2.45, 2.75) is 65.4 Å². The van der Waals surface area contributed by atoms with Crippen LogP contribution in [0.2, 0.25) is 0 Å². The molecule has 0 aliphatic rings. The molecule has 0 fully saturated rings. The summed E-state index contributed by atoms with van der Waals surface area (Å²) in [5.41, 5.74) is 1.31. The first-order valence-electron chi connectivity index (χ1n) is 14.0. The van der Waals surface area contributed by atoms with Gasteiger partial charge in [-0.25, -0.2) is 9.78 Å². The summed E-state index contributed by atoms with van der Waals surface area (Å²) in [6.07, 6.45) is 1.41. The van der Waals surface area contributed by atoms with E-state index in [4.69, 9.17) is 23.7 Å². The van der Waals surface area contributed by atoms with Crippen molar-refractivity contribution in [1.82, 2.24) is 10.3 Å². The molecule has 3 atom stereocenters. The number of amides is 1. The normalized spacial score (nSPS) is 13.3. The molecule has 1 aromatic heterocycles. The highest BCUT2D eigenvalue weighted by Gasteiger charge is 2.37. The predicted octanol–water partition coefficient (Wildman–Crippen LogP) is 4.89. The van der Waals surface area contributed by atoms with Gasteiger partial charge in [0.15, 0.2) is 17.2 Å². The first kappa shape index (κ1) is 33.1. The van der Waals surface area contributed by atoms with E-state index in [0.29, 0.717) is 13.0 Å². The number of rotatable bonds is 15. The summed E-state index contributed by atoms with van der Waals surface area (Å²) in [6.45, 7) is 8.52. The molecule has 2 aromatic carbocycles. The summed E-state index contributed by atoms with van der Waals surface area (Å²) in [5.74, 6) is -1.91. The maximum atomic E-state index is 13.2. The minimum absolute atomic E-state index is 0.0297. The molecule has 0 saturated heterocycles. The number of pyridine rings is 1. The average Bonchev–Trinajstić information content (AvgIpc) is 2.99. The lowest BCUT2D eigenvalue weighted by Gasteiger charge is -2.38. The summed E-state index contributed by atoms with van der Waals surface area (Å²) in [7, 11) is 1.40. The number of benzene rings is 2. The molecule has 10 heteroatoms. The maximum Gasteiger partial charge on any atom is 0.328 e. The van der Waals surface area contributed by atoms with Gasteiger partial charge in [0.25, 0.3) is 5.91 Å². The van der Waals surface area contributed by atoms with Crippen molar-refractivity contribution >= 4 is 17.8 Å². The summed E-state index contributed by atoms with van der Waals surface area (Å²) in [4.78, 5) is 41.6. The fourth-order valence-electron chi connectivity index (χ4n) is 4.55. The Bertz CT molecular complexity index is 1350. The Morgan fingerprint density at radius 3 is 2.16 bits per heavy atom. The van der Waals surface area contributed by atoms with Gasteiger partial charge >= 0.3 is 11.9 Å². The van der Waals surface area contributed by atoms with Gasteiger partial charge in [0, 0.05) is 25.1 Å². The fourth-order valence-corrected chi connectivity index (χ4v) is 4.55. The van der Waals surface area contributed by atoms with Crippen molar-refractivity contribution in [1.29, 1.82) is 0 Å². The number of nitrogens with one attached hydrogen (secondary N) is 1. The molecule has 0 aliphatic heterocycles. The molecule has 230 valence electrons. The summed E-state index contributed by atoms with van der Waals surface area (Å²) >= 11 is 0. The van der Waals surface area contributed by atoms with Gasteiger partial charge in [0.2, 0.25) is 6.79 Å². The number of nitrogens with zero attached hydrogens (tertiary/aromatic N) is 1. The van der Waals surface area contributed by atoms with Crippen LogP contribution < -0.4 is 14.8 Å². The van der Waals surface area contributed by atoms with Crippen LogP contribution in [0.25, 0.3) is 0 Å². The highest BCUT2D eigenvalue weighted by molar-refractivity contribution is 5.98. The molecular formula is C33H40N2O8. The third-order valence-corrected chi connectivity index (χ3v) is 6.98. The number of aromatic nitrogens is 1. The van der Waals surface area contributed by atoms with Crippen LogP contribution in [-0.4, -0.2) is 54.5 Å². The number of hydrogen-bond donors (Lipinski definition) is 1. The van der Waals surface area contributed by atoms with Gasteiger partial charge in [-0.3, -0.25) is 9.59 Å². The van der Waals surface area contributed by atoms with Crippen molar-refractivity contribution in [3.63, 3.8) is 0 Å². The van der Waals surface area contributed by atoms with E-state index in [1.165, 1.54) is 33.2 Å². The molecule has 0 saturated carbocycles. The minimum atomic E-state index is -1.02. The largest absolute Gasteiger partial charge is 0.493 e. The second-order valence-corrected chi connectivity index (χ2v) is 10.6. The van der Waals surface area contributed by atoms with Gasteiger partial charge in [-0.1, -0.05) is 60.7 Å². The second kappa shape index (κ2) is 15.7. The van der Waals surface area contributed by atoms with Crippen molar-refractivity contribution in [2.24, 2.45) is 5.92 Å². The van der Waals surface area contributed by atoms with Gasteiger partial charge in [-0.2, -0.15) is 0 Å². The molecular weight excluding hydrogens is 552 g/mol. The molecule has 10 nitrogen and oxygen atoms in total. The van der Waals surface area contributed by atoms with Crippen LogP contribution in [0.3, 0.4) is 0 Å². The SMILES string of the molecule is COc1ccnc(C(=O)N[C@@H](C)C(=O)O[C@@H](C)[C@H](Cc2ccccc2)C(C)(C)OCc2ccccc2)c1OCOC(C)=O. The van der Waals surface area contributed by atoms with E-state index in [0.717, 1.165) is 11.1 Å². The lowest BCUT2D eigenvalue weighted by atomic mass is 9.81. The topological polar surface area (TPSA) is 122 Å². The third-order valence-electron chi connectivity index (χ3n) is 6.98. The number of hydrogen-bond acceptors (Lipinski definition) is 9. The summed E-state index contributed by atoms with van der Waals surface area (Å²) in [5, 5.41) is 2.62. The highest BCUT2D eigenvalue weighted by atomic mass is 16.7. The zero-order valence-electron chi connectivity index (χ0n) is 25.5. The lowest BCUT2D eigenvalue weighted by molar-refractivity contribution is -0.162. The number of esters is 2. The molecule has 3 aromatic rings. The Morgan fingerprint density at radius 1 is 0.930 bits per heavy atom. The van der Waals surface area contributed by atoms with Gasteiger partial charge in [-0.15, -0.1) is 0 Å². The Morgan fingerprint density at radius 2 is 1.56 bits per heavy atom. The van der Waals surface area contributed by atoms with Gasteiger partial charge in [0.05, 0.1) is 19.3 Å². The molecule has 0 radical (unpaired) electrons. The number of carbonyl (C=O) groups is 3. The number of methoxy groups -OCH3 is 1. The lowest BCUT2D eigenvalue weighted by Crippen LogP contribution is -2.46. The van der Waals surface area contributed by atoms with Gasteiger partial charge in [-0.05, 0) is 45.2 Å². The zero-order chi connectivity index (χ0) is 31.4. The van der Waals surface area contributed by atoms with Crippen LogP contribution in [0, 0.1) is 5.92 Å². The molecule has 0 unspecified atom stereocenters. The van der Waals surface area contributed by atoms with E-state index >= 15 is 0 Å². The van der Waals surface area contributed by atoms with E-state index in [1.807, 2.05) is 81.4 Å². The van der Waals surface area contributed by atoms with Crippen molar-refractivity contribution in [3.05, 3.63) is 89.7 Å². The molecule has 0 aliphatic carbocycles. The Hall–Kier alpha value is -4.44. The monoisotopic (exact) mass is 592 g/mol. The van der Waals surface area contributed by atoms with Crippen molar-refractivity contribution < 1.29 is 38.1 Å². The van der Waals surface area contributed by atoms with Crippen LogP contribution in [-0.2, 0) is 36.8 Å². The highest BCUT2D eigenvalue weighted by Crippen LogP contribution is 2.32. The first-order chi connectivity index (χ1) is 20.5. The van der Waals surface area contributed by atoms with Crippen LogP contribution >= 0.6 is 0 Å². The van der Waals surface area contributed by atoms with E-state index in [2.05, 4.69) is 10.3 Å². The second-order valence-electron chi connectivity index (χ2n) is 10.6. The predicted molar refractivity (Wildman–Crippen MR) is 159 cm³/mol. The maximum absolute atomic E-state index is 13.2. The quantitative estimate of drug-likeness (QED) is 0.194. The minimum Gasteiger partial charge on any atom is -0.493 e. The van der Waals surface area contributed by atoms with Crippen molar-refractivity contribution in [2.75, 3.05) is 13.9 Å². The molecule has 1 heterocycles. The zero-order valence-corrected chi connectivity index (χ0v) is 25.5. The van der Waals surface area contributed by atoms with Crippen LogP contribution in [0.15, 0.2) is 72.9 Å². The number of carbonyl (C=O) groups excluding carboxylic acids is 3. The number of ether oxygens (including phenoxy) is 5. The summed E-state index contributed by atoms with van der Waals surface area (Å²) < 4.78 is 27.9. The van der Waals surface area contributed by atoms with E-state index in [9.17, 15) is 14.4 Å². The summed E-state index contributed by atoms with van der Waals surface area (Å²) in [6, 6.07) is 20.3. The van der Waals surface area contributed by atoms with Crippen molar-refractivity contribution in [3.8, 4) is 11.5 Å². The van der Waals surface area contributed by atoms with E-state index in [-0.39, 0.29) is 23.1 Å². The third kappa shape index (κ3) is 9.82. The van der Waals surface area contributed by atoms with E-state index < -0.39 is 42.4 Å². The molecule has 3 rings (SSSR count). The molecule has 1 amide bonds. The smallest absolute Gasteiger partial charge is 0.328 e. The van der Waals surface area contributed by atoms with E-state index in [1.54, 1.807) is 0 Å². The standard InChI is InChI=1S/C33H40N2O8/c1-22(35-31(37)29-30(41-21-40-24(3)36)28(39-6)17-18-34-29)32(38)43-23(2)27(19-25-13-9-7-10-14-25)33(4,5)42-20-26-15-11-8-12-16-26/h7-18,22-23,27H,19-21H2,1-6H3,(H,35,37)/t22-,23-,27-/m0/s1. The van der Waals surface area contributed by atoms with Crippen LogP contribution in [0.5, 0.6) is 11.5 Å². The first-order valence-corrected chi connectivity index (χ1v) is 14.0. The van der Waals surface area contributed by atoms with Crippen LogP contribution in [0.1, 0.15) is 56.2 Å². The Kier molecular flexibility index (Phi) is 12.1. The molecule has 43 heavy (non-hydrogen) atoms. The average molecular weight is 593 g/mol. The van der Waals surface area contributed by atoms with Gasteiger partial charge in [0.1, 0.15) is 12.1 Å². The Balaban J connectivity index is 1.72. The Labute approximate surface area is 252 Å². The van der Waals surface area contributed by atoms with Gasteiger partial charge < -0.3 is 29.0 Å². The molecule has 0 bridgehead atoms. The fraction of sp³-hybridized carbons (Fsp3) is 0.394. The molecule has 0 spiro atoms.